The molecule has 1 aliphatic heterocycles. The number of amides is 2. The number of ether oxygens (including phenoxy) is 2. The summed E-state index contributed by atoms with van der Waals surface area (Å²) in [4.78, 5) is 27.7. The molecule has 192 valence electrons. The van der Waals surface area contributed by atoms with Crippen LogP contribution in [0.15, 0.2) is 48.5 Å². The predicted molar refractivity (Wildman–Crippen MR) is 137 cm³/mol. The lowest BCUT2D eigenvalue weighted by molar-refractivity contribution is -0.137. The van der Waals surface area contributed by atoms with Crippen molar-refractivity contribution in [1.29, 1.82) is 0 Å². The van der Waals surface area contributed by atoms with E-state index in [1.807, 2.05) is 0 Å². The Bertz CT molecular complexity index is 1320. The van der Waals surface area contributed by atoms with E-state index in [0.29, 0.717) is 59.0 Å². The maximum absolute atomic E-state index is 13.6. The van der Waals surface area contributed by atoms with Gasteiger partial charge in [0, 0.05) is 34.5 Å². The van der Waals surface area contributed by atoms with Gasteiger partial charge < -0.3 is 19.7 Å². The third-order valence-electron chi connectivity index (χ3n) is 6.10. The topological polar surface area (TPSA) is 117 Å². The summed E-state index contributed by atoms with van der Waals surface area (Å²) in [5, 5.41) is 19.8. The number of aryl methyl sites for hydroxylation is 1. The van der Waals surface area contributed by atoms with Crippen molar-refractivity contribution in [1.82, 2.24) is 20.3 Å². The van der Waals surface area contributed by atoms with Crippen LogP contribution in [0.25, 0.3) is 16.8 Å². The van der Waals surface area contributed by atoms with Crippen molar-refractivity contribution in [3.8, 4) is 22.8 Å². The van der Waals surface area contributed by atoms with Gasteiger partial charge in [-0.05, 0) is 62.6 Å². The quantitative estimate of drug-likeness (QED) is 0.208. The highest BCUT2D eigenvalue weighted by Gasteiger charge is 2.36. The van der Waals surface area contributed by atoms with E-state index in [4.69, 9.17) is 9.47 Å². The van der Waals surface area contributed by atoms with Crippen LogP contribution in [-0.2, 0) is 22.6 Å². The van der Waals surface area contributed by atoms with Crippen LogP contribution in [-0.4, -0.2) is 59.8 Å². The third-order valence-corrected chi connectivity index (χ3v) is 6.10. The van der Waals surface area contributed by atoms with Gasteiger partial charge in [-0.3, -0.25) is 19.6 Å². The van der Waals surface area contributed by atoms with Gasteiger partial charge in [0.2, 0.25) is 0 Å². The average Bonchev–Trinajstić information content (AvgIpc) is 3.42. The Morgan fingerprint density at radius 3 is 2.57 bits per heavy atom. The molecule has 0 radical (unpaired) electrons. The smallest absolute Gasteiger partial charge is 0.373 e. The number of rotatable bonds is 11. The number of H-pyrrole nitrogens is 1. The zero-order valence-electron chi connectivity index (χ0n) is 20.9. The van der Waals surface area contributed by atoms with Gasteiger partial charge in [0.15, 0.2) is 0 Å². The van der Waals surface area contributed by atoms with Crippen LogP contribution in [0.2, 0.25) is 6.82 Å². The summed E-state index contributed by atoms with van der Waals surface area (Å²) in [5.41, 5.74) is 3.10. The van der Waals surface area contributed by atoms with Crippen molar-refractivity contribution in [3.05, 3.63) is 71.2 Å². The maximum Gasteiger partial charge on any atom is 0.373 e. The molecule has 37 heavy (non-hydrogen) atoms. The number of halogens is 1. The first-order chi connectivity index (χ1) is 17.8. The molecule has 2 aromatic carbocycles. The molecular weight excluding hydrogens is 478 g/mol. The Kier molecular flexibility index (Phi) is 8.05. The number of imide groups is 1. The van der Waals surface area contributed by atoms with Crippen LogP contribution in [0, 0.1) is 5.82 Å². The second kappa shape index (κ2) is 11.4. The molecular formula is C26H28BFN4O5. The minimum atomic E-state index is -0.642. The van der Waals surface area contributed by atoms with Gasteiger partial charge in [-0.15, -0.1) is 0 Å². The van der Waals surface area contributed by atoms with Crippen LogP contribution >= 0.6 is 0 Å². The van der Waals surface area contributed by atoms with E-state index in [2.05, 4.69) is 15.4 Å². The fraction of sp³-hybridized carbons (Fsp3) is 0.269. The highest BCUT2D eigenvalue weighted by atomic mass is 19.1. The summed E-state index contributed by atoms with van der Waals surface area (Å²) in [6.45, 7) is 2.19. The van der Waals surface area contributed by atoms with Crippen LogP contribution < -0.4 is 14.7 Å². The number of methoxy groups -OCH3 is 2. The molecule has 0 spiro atoms. The second-order valence-electron chi connectivity index (χ2n) is 8.63. The molecule has 1 aromatic heterocycles. The first-order valence-electron chi connectivity index (χ1n) is 11.9. The zero-order valence-corrected chi connectivity index (χ0v) is 20.9. The molecule has 1 aliphatic rings. The Hall–Kier alpha value is -3.96. The van der Waals surface area contributed by atoms with E-state index in [1.165, 1.54) is 25.3 Å². The molecule has 0 saturated heterocycles. The van der Waals surface area contributed by atoms with Gasteiger partial charge in [-0.2, -0.15) is 5.10 Å². The van der Waals surface area contributed by atoms with E-state index < -0.39 is 24.7 Å². The van der Waals surface area contributed by atoms with Gasteiger partial charge in [0.1, 0.15) is 23.0 Å². The molecule has 9 nitrogen and oxygen atoms in total. The van der Waals surface area contributed by atoms with Crippen LogP contribution in [0.1, 0.15) is 23.2 Å². The lowest BCUT2D eigenvalue weighted by atomic mass is 9.88. The highest BCUT2D eigenvalue weighted by Crippen LogP contribution is 2.35. The number of nitrogens with one attached hydrogen (secondary N) is 2. The summed E-state index contributed by atoms with van der Waals surface area (Å²) in [7, 11) is 2.41. The van der Waals surface area contributed by atoms with Gasteiger partial charge in [-0.25, -0.2) is 4.39 Å². The van der Waals surface area contributed by atoms with E-state index in [1.54, 1.807) is 44.3 Å². The van der Waals surface area contributed by atoms with Crippen molar-refractivity contribution in [2.45, 2.75) is 26.2 Å². The van der Waals surface area contributed by atoms with E-state index in [0.717, 1.165) is 4.90 Å². The SMILES string of the molecule is COc1ccc(CN2C(=O)C=C(c3c(-c4ccc(F)cc4)n[nH]c3CCCNB(C)O)C2=O)c(OC)c1. The molecule has 4 rings (SSSR count). The summed E-state index contributed by atoms with van der Waals surface area (Å²) < 4.78 is 24.2. The summed E-state index contributed by atoms with van der Waals surface area (Å²) in [5.74, 6) is -0.219. The number of carbonyl (C=O) groups is 2. The van der Waals surface area contributed by atoms with E-state index in [9.17, 15) is 19.0 Å². The second-order valence-corrected chi connectivity index (χ2v) is 8.63. The average molecular weight is 506 g/mol. The fourth-order valence-electron chi connectivity index (χ4n) is 4.23. The molecule has 0 aliphatic carbocycles. The Morgan fingerprint density at radius 2 is 1.89 bits per heavy atom. The van der Waals surface area contributed by atoms with Crippen LogP contribution in [0.3, 0.4) is 0 Å². The maximum atomic E-state index is 13.6. The predicted octanol–water partition coefficient (Wildman–Crippen LogP) is 2.82. The standard InChI is InChI=1S/C26H28BFN4O5/c1-27(35)29-12-4-5-21-24(25(31-30-21)16-6-9-18(28)10-7-16)20-14-23(33)32(26(20)34)15-17-8-11-19(36-2)13-22(17)37-3/h6-11,13-14,29,35H,4-5,12,15H2,1-3H3,(H,30,31). The normalized spacial score (nSPS) is 13.2. The molecule has 2 heterocycles. The number of hydrogen-bond acceptors (Lipinski definition) is 7. The lowest BCUT2D eigenvalue weighted by Gasteiger charge is -2.18. The van der Waals surface area contributed by atoms with Crippen LogP contribution in [0.5, 0.6) is 11.5 Å². The Labute approximate surface area is 214 Å². The number of nitrogens with zero attached hydrogens (tertiary/aromatic N) is 2. The molecule has 0 atom stereocenters. The van der Waals surface area contributed by atoms with Gasteiger partial charge in [0.05, 0.1) is 26.3 Å². The first kappa shape index (κ1) is 26.1. The van der Waals surface area contributed by atoms with Crippen molar-refractivity contribution < 1.29 is 28.5 Å². The summed E-state index contributed by atoms with van der Waals surface area (Å²) in [6.07, 6.45) is 2.47. The largest absolute Gasteiger partial charge is 0.497 e. The number of hydrogen-bond donors (Lipinski definition) is 3. The Balaban J connectivity index is 1.65. The number of carbonyl (C=O) groups excluding carboxylic acids is 2. The molecule has 2 amide bonds. The monoisotopic (exact) mass is 506 g/mol. The zero-order chi connectivity index (χ0) is 26.5. The van der Waals surface area contributed by atoms with Gasteiger partial charge >= 0.3 is 7.05 Å². The number of aromatic amines is 1. The third kappa shape index (κ3) is 5.73. The molecule has 0 saturated carbocycles. The molecule has 3 aromatic rings. The van der Waals surface area contributed by atoms with Gasteiger partial charge in [0.25, 0.3) is 11.8 Å². The fourth-order valence-corrected chi connectivity index (χ4v) is 4.23. The molecule has 3 N–H and O–H groups in total. The van der Waals surface area contributed by atoms with Crippen molar-refractivity contribution in [2.75, 3.05) is 20.8 Å². The van der Waals surface area contributed by atoms with E-state index in [-0.39, 0.29) is 12.1 Å². The minimum Gasteiger partial charge on any atom is -0.497 e. The Morgan fingerprint density at radius 1 is 1.14 bits per heavy atom. The van der Waals surface area contributed by atoms with Gasteiger partial charge in [-0.1, -0.05) is 0 Å². The minimum absolute atomic E-state index is 0.0161. The van der Waals surface area contributed by atoms with E-state index >= 15 is 0 Å². The molecule has 0 unspecified atom stereocenters. The van der Waals surface area contributed by atoms with Crippen molar-refractivity contribution in [3.63, 3.8) is 0 Å². The summed E-state index contributed by atoms with van der Waals surface area (Å²) >= 11 is 0. The lowest BCUT2D eigenvalue weighted by Crippen LogP contribution is -2.31. The highest BCUT2D eigenvalue weighted by molar-refractivity contribution is 6.45. The molecule has 0 fully saturated rings. The molecule has 0 bridgehead atoms. The number of benzene rings is 2. The first-order valence-corrected chi connectivity index (χ1v) is 11.9. The molecule has 11 heteroatoms. The van der Waals surface area contributed by atoms with Crippen molar-refractivity contribution >= 4 is 24.4 Å². The number of aromatic nitrogens is 2. The summed E-state index contributed by atoms with van der Waals surface area (Å²) in [6, 6.07) is 11.0. The van der Waals surface area contributed by atoms with Crippen molar-refractivity contribution in [2.24, 2.45) is 0 Å². The van der Waals surface area contributed by atoms with Crippen LogP contribution in [0.4, 0.5) is 4.39 Å².